The average molecular weight is 204 g/mol. The van der Waals surface area contributed by atoms with Crippen molar-refractivity contribution in [2.24, 2.45) is 0 Å². The molecular weight excluding hydrogens is 184 g/mol. The van der Waals surface area contributed by atoms with Crippen molar-refractivity contribution in [3.63, 3.8) is 0 Å². The Balaban J connectivity index is 1.92. The van der Waals surface area contributed by atoms with E-state index in [4.69, 9.17) is 5.73 Å². The minimum atomic E-state index is 0.421. The van der Waals surface area contributed by atoms with Crippen LogP contribution in [-0.4, -0.2) is 5.54 Å². The fourth-order valence-electron chi connectivity index (χ4n) is 2.25. The number of nitrogen functional groups attached to an aromatic ring is 1. The molecule has 0 spiro atoms. The van der Waals surface area contributed by atoms with E-state index >= 15 is 0 Å². The summed E-state index contributed by atoms with van der Waals surface area (Å²) in [6.07, 6.45) is 5.25. The molecule has 1 aromatic carbocycles. The van der Waals surface area contributed by atoms with E-state index in [9.17, 15) is 0 Å². The van der Waals surface area contributed by atoms with Crippen molar-refractivity contribution in [3.8, 4) is 0 Å². The molecule has 2 nitrogen and oxygen atoms in total. The molecule has 0 aliphatic heterocycles. The molecule has 0 saturated heterocycles. The van der Waals surface area contributed by atoms with Crippen molar-refractivity contribution in [1.29, 1.82) is 0 Å². The van der Waals surface area contributed by atoms with E-state index in [1.165, 1.54) is 31.2 Å². The number of rotatable bonds is 4. The van der Waals surface area contributed by atoms with E-state index in [1.807, 2.05) is 12.1 Å². The van der Waals surface area contributed by atoms with Crippen LogP contribution in [0, 0.1) is 0 Å². The quantitative estimate of drug-likeness (QED) is 0.740. The van der Waals surface area contributed by atoms with Crippen LogP contribution in [0.3, 0.4) is 0 Å². The highest BCUT2D eigenvalue weighted by Crippen LogP contribution is 2.34. The second-order valence-corrected chi connectivity index (χ2v) is 4.59. The molecule has 1 aliphatic carbocycles. The zero-order valence-electron chi connectivity index (χ0n) is 9.42. The van der Waals surface area contributed by atoms with Crippen LogP contribution in [0.25, 0.3) is 0 Å². The number of nitrogens with two attached hydrogens (primary N) is 1. The fourth-order valence-corrected chi connectivity index (χ4v) is 2.25. The zero-order valence-corrected chi connectivity index (χ0v) is 9.42. The Bertz CT molecular complexity index is 324. The Kier molecular flexibility index (Phi) is 2.96. The first-order valence-electron chi connectivity index (χ1n) is 5.83. The highest BCUT2D eigenvalue weighted by Gasteiger charge is 2.33. The van der Waals surface area contributed by atoms with Gasteiger partial charge in [-0.1, -0.05) is 19.1 Å². The Hall–Kier alpha value is -1.02. The second kappa shape index (κ2) is 4.23. The van der Waals surface area contributed by atoms with Crippen LogP contribution in [0.15, 0.2) is 24.3 Å². The van der Waals surface area contributed by atoms with Crippen molar-refractivity contribution < 1.29 is 0 Å². The summed E-state index contributed by atoms with van der Waals surface area (Å²) in [6, 6.07) is 8.13. The summed E-state index contributed by atoms with van der Waals surface area (Å²) >= 11 is 0. The van der Waals surface area contributed by atoms with E-state index in [0.717, 1.165) is 12.2 Å². The molecule has 1 aromatic rings. The second-order valence-electron chi connectivity index (χ2n) is 4.59. The van der Waals surface area contributed by atoms with Gasteiger partial charge in [-0.15, -0.1) is 0 Å². The molecule has 0 atom stereocenters. The van der Waals surface area contributed by atoms with E-state index in [1.54, 1.807) is 0 Å². The molecule has 3 N–H and O–H groups in total. The molecule has 1 saturated carbocycles. The molecule has 82 valence electrons. The predicted octanol–water partition coefficient (Wildman–Crippen LogP) is 2.69. The molecule has 0 amide bonds. The predicted molar refractivity (Wildman–Crippen MR) is 64.6 cm³/mol. The zero-order chi connectivity index (χ0) is 10.7. The van der Waals surface area contributed by atoms with Gasteiger partial charge in [0.15, 0.2) is 0 Å². The summed E-state index contributed by atoms with van der Waals surface area (Å²) in [4.78, 5) is 0. The monoisotopic (exact) mass is 204 g/mol. The maximum absolute atomic E-state index is 5.75. The Morgan fingerprint density at radius 2 is 2.20 bits per heavy atom. The molecular formula is C13H20N2. The molecule has 2 heteroatoms. The highest BCUT2D eigenvalue weighted by atomic mass is 15.0. The van der Waals surface area contributed by atoms with Crippen molar-refractivity contribution in [3.05, 3.63) is 29.8 Å². The Morgan fingerprint density at radius 3 is 2.73 bits per heavy atom. The smallest absolute Gasteiger partial charge is 0.0317 e. The minimum Gasteiger partial charge on any atom is -0.399 e. The summed E-state index contributed by atoms with van der Waals surface area (Å²) in [5.41, 5.74) is 8.31. The molecule has 0 unspecified atom stereocenters. The van der Waals surface area contributed by atoms with Crippen LogP contribution >= 0.6 is 0 Å². The van der Waals surface area contributed by atoms with Gasteiger partial charge in [-0.25, -0.2) is 0 Å². The van der Waals surface area contributed by atoms with Crippen molar-refractivity contribution in [2.75, 3.05) is 5.73 Å². The summed E-state index contributed by atoms with van der Waals surface area (Å²) in [6.45, 7) is 3.21. The Labute approximate surface area is 91.9 Å². The first-order valence-corrected chi connectivity index (χ1v) is 5.83. The van der Waals surface area contributed by atoms with E-state index in [-0.39, 0.29) is 0 Å². The van der Waals surface area contributed by atoms with Crippen molar-refractivity contribution in [1.82, 2.24) is 5.32 Å². The Morgan fingerprint density at radius 1 is 1.40 bits per heavy atom. The molecule has 1 aliphatic rings. The maximum Gasteiger partial charge on any atom is 0.0317 e. The number of anilines is 1. The lowest BCUT2D eigenvalue weighted by molar-refractivity contribution is 0.175. The average Bonchev–Trinajstić information content (AvgIpc) is 2.17. The topological polar surface area (TPSA) is 38.0 Å². The van der Waals surface area contributed by atoms with Gasteiger partial charge in [0.25, 0.3) is 0 Å². The molecule has 0 aromatic heterocycles. The highest BCUT2D eigenvalue weighted by molar-refractivity contribution is 5.40. The maximum atomic E-state index is 5.75. The van der Waals surface area contributed by atoms with Crippen LogP contribution < -0.4 is 11.1 Å². The first-order chi connectivity index (χ1) is 7.24. The van der Waals surface area contributed by atoms with Gasteiger partial charge in [0.2, 0.25) is 0 Å². The van der Waals surface area contributed by atoms with Gasteiger partial charge in [0.1, 0.15) is 0 Å². The number of hydrogen-bond acceptors (Lipinski definition) is 2. The molecule has 0 bridgehead atoms. The van der Waals surface area contributed by atoms with Gasteiger partial charge in [0.05, 0.1) is 0 Å². The lowest BCUT2D eigenvalue weighted by Gasteiger charge is -2.42. The van der Waals surface area contributed by atoms with Gasteiger partial charge in [-0.2, -0.15) is 0 Å². The molecule has 2 rings (SSSR count). The van der Waals surface area contributed by atoms with Crippen LogP contribution in [0.4, 0.5) is 5.69 Å². The molecule has 1 fully saturated rings. The lowest BCUT2D eigenvalue weighted by atomic mass is 9.75. The summed E-state index contributed by atoms with van der Waals surface area (Å²) in [7, 11) is 0. The van der Waals surface area contributed by atoms with Gasteiger partial charge < -0.3 is 11.1 Å². The van der Waals surface area contributed by atoms with Crippen LogP contribution in [0.2, 0.25) is 0 Å². The summed E-state index contributed by atoms with van der Waals surface area (Å²) in [5, 5.41) is 3.67. The van der Waals surface area contributed by atoms with Crippen molar-refractivity contribution in [2.45, 2.75) is 44.7 Å². The number of benzene rings is 1. The van der Waals surface area contributed by atoms with Gasteiger partial charge in [-0.05, 0) is 43.4 Å². The van der Waals surface area contributed by atoms with Crippen LogP contribution in [0.5, 0.6) is 0 Å². The third kappa shape index (κ3) is 2.32. The summed E-state index contributed by atoms with van der Waals surface area (Å²) < 4.78 is 0. The van der Waals surface area contributed by atoms with Gasteiger partial charge in [-0.3, -0.25) is 0 Å². The largest absolute Gasteiger partial charge is 0.399 e. The first kappa shape index (κ1) is 10.5. The summed E-state index contributed by atoms with van der Waals surface area (Å²) in [5.74, 6) is 0. The van der Waals surface area contributed by atoms with Gasteiger partial charge in [0, 0.05) is 17.8 Å². The van der Waals surface area contributed by atoms with E-state index in [0.29, 0.717) is 5.54 Å². The molecule has 15 heavy (non-hydrogen) atoms. The van der Waals surface area contributed by atoms with Crippen LogP contribution in [-0.2, 0) is 6.54 Å². The minimum absolute atomic E-state index is 0.421. The number of nitrogens with one attached hydrogen (secondary N) is 1. The number of hydrogen-bond donors (Lipinski definition) is 2. The van der Waals surface area contributed by atoms with Gasteiger partial charge >= 0.3 is 0 Å². The van der Waals surface area contributed by atoms with Crippen LogP contribution in [0.1, 0.15) is 38.2 Å². The third-order valence-corrected chi connectivity index (χ3v) is 3.61. The molecule has 0 radical (unpaired) electrons. The standard InChI is InChI=1S/C13H20N2/c1-2-13(7-4-8-13)15-10-11-5-3-6-12(14)9-11/h3,5-6,9,15H,2,4,7-8,10,14H2,1H3. The van der Waals surface area contributed by atoms with Crippen molar-refractivity contribution >= 4 is 5.69 Å². The third-order valence-electron chi connectivity index (χ3n) is 3.61. The fraction of sp³-hybridized carbons (Fsp3) is 0.538. The SMILES string of the molecule is CCC1(NCc2cccc(N)c2)CCC1. The lowest BCUT2D eigenvalue weighted by Crippen LogP contribution is -2.49. The van der Waals surface area contributed by atoms with E-state index in [2.05, 4.69) is 24.4 Å². The molecule has 0 heterocycles. The van der Waals surface area contributed by atoms with E-state index < -0.39 is 0 Å². The normalized spacial score (nSPS) is 18.5.